The molecule has 0 bridgehead atoms. The van der Waals surface area contributed by atoms with E-state index in [0.29, 0.717) is 38.2 Å². The van der Waals surface area contributed by atoms with Gasteiger partial charge in [0.25, 0.3) is 11.6 Å². The smallest absolute Gasteiger partial charge is 0.269 e. The number of anilines is 1. The van der Waals surface area contributed by atoms with E-state index < -0.39 is 10.5 Å². The van der Waals surface area contributed by atoms with E-state index in [2.05, 4.69) is 4.90 Å². The van der Waals surface area contributed by atoms with Gasteiger partial charge in [0.05, 0.1) is 11.6 Å². The van der Waals surface area contributed by atoms with Crippen LogP contribution in [0.25, 0.3) is 6.08 Å². The predicted molar refractivity (Wildman–Crippen MR) is 142 cm³/mol. The van der Waals surface area contributed by atoms with Crippen LogP contribution in [-0.4, -0.2) is 82.3 Å². The standard InChI is InChI=1S/C28H31N5O5/c34-25(13-10-22-8-11-24(12-9-22)33(37)38)30-18-14-28(15-19-30)27(36)31(20-26(35)29-16-4-5-17-29)21-32(28)23-6-2-1-3-7-23/h1-3,6-13H,4-5,14-21H2. The number of hydrogen-bond donors (Lipinski definition) is 0. The number of hydrogen-bond acceptors (Lipinski definition) is 6. The summed E-state index contributed by atoms with van der Waals surface area (Å²) in [7, 11) is 0. The van der Waals surface area contributed by atoms with Crippen LogP contribution in [-0.2, 0) is 14.4 Å². The van der Waals surface area contributed by atoms with Crippen LogP contribution in [0.4, 0.5) is 11.4 Å². The van der Waals surface area contributed by atoms with Crippen LogP contribution < -0.4 is 4.90 Å². The molecule has 3 fully saturated rings. The molecular formula is C28H31N5O5. The first-order chi connectivity index (χ1) is 18.4. The van der Waals surface area contributed by atoms with Crippen molar-refractivity contribution in [1.29, 1.82) is 0 Å². The predicted octanol–water partition coefficient (Wildman–Crippen LogP) is 2.90. The molecule has 0 N–H and O–H groups in total. The summed E-state index contributed by atoms with van der Waals surface area (Å²) in [5.74, 6) is -0.233. The molecule has 1 spiro atoms. The van der Waals surface area contributed by atoms with Gasteiger partial charge in [0.1, 0.15) is 12.1 Å². The topological polar surface area (TPSA) is 107 Å². The van der Waals surface area contributed by atoms with Gasteiger partial charge in [-0.1, -0.05) is 18.2 Å². The highest BCUT2D eigenvalue weighted by Crippen LogP contribution is 2.39. The van der Waals surface area contributed by atoms with Crippen molar-refractivity contribution >= 4 is 35.2 Å². The van der Waals surface area contributed by atoms with Crippen LogP contribution in [0, 0.1) is 10.1 Å². The number of rotatable bonds is 6. The first kappa shape index (κ1) is 25.4. The quantitative estimate of drug-likeness (QED) is 0.331. The molecule has 2 aromatic carbocycles. The van der Waals surface area contributed by atoms with Crippen LogP contribution in [0.2, 0.25) is 0 Å². The number of piperidine rings is 1. The first-order valence-corrected chi connectivity index (χ1v) is 13.0. The van der Waals surface area contributed by atoms with Gasteiger partial charge in [-0.2, -0.15) is 0 Å². The maximum absolute atomic E-state index is 13.8. The molecular weight excluding hydrogens is 486 g/mol. The largest absolute Gasteiger partial charge is 0.341 e. The summed E-state index contributed by atoms with van der Waals surface area (Å²) in [5.41, 5.74) is 0.813. The summed E-state index contributed by atoms with van der Waals surface area (Å²) in [6.45, 7) is 2.73. The number of carbonyl (C=O) groups is 3. The Labute approximate surface area is 221 Å². The van der Waals surface area contributed by atoms with E-state index in [1.165, 1.54) is 18.2 Å². The highest BCUT2D eigenvalue weighted by Gasteiger charge is 2.54. The van der Waals surface area contributed by atoms with Crippen LogP contribution in [0.3, 0.4) is 0 Å². The molecule has 3 aliphatic rings. The Morgan fingerprint density at radius 2 is 1.58 bits per heavy atom. The average Bonchev–Trinajstić information content (AvgIpc) is 3.57. The van der Waals surface area contributed by atoms with Gasteiger partial charge >= 0.3 is 0 Å². The molecule has 0 saturated carbocycles. The third-order valence-corrected chi connectivity index (χ3v) is 7.79. The Balaban J connectivity index is 1.28. The minimum absolute atomic E-state index is 0.00446. The van der Waals surface area contributed by atoms with Crippen molar-refractivity contribution < 1.29 is 19.3 Å². The lowest BCUT2D eigenvalue weighted by Crippen LogP contribution is -2.57. The molecule has 5 rings (SSSR count). The zero-order chi connectivity index (χ0) is 26.7. The third-order valence-electron chi connectivity index (χ3n) is 7.79. The summed E-state index contributed by atoms with van der Waals surface area (Å²) in [4.78, 5) is 57.3. The van der Waals surface area contributed by atoms with Crippen LogP contribution in [0.5, 0.6) is 0 Å². The lowest BCUT2D eigenvalue weighted by Gasteiger charge is -2.43. The number of carbonyl (C=O) groups excluding carboxylic acids is 3. The first-order valence-electron chi connectivity index (χ1n) is 13.0. The summed E-state index contributed by atoms with van der Waals surface area (Å²) in [6.07, 6.45) is 6.04. The number of non-ortho nitro benzene ring substituents is 1. The number of nitrogens with zero attached hydrogens (tertiary/aromatic N) is 5. The fourth-order valence-corrected chi connectivity index (χ4v) is 5.63. The zero-order valence-electron chi connectivity index (χ0n) is 21.2. The number of amides is 3. The van der Waals surface area contributed by atoms with E-state index in [0.717, 1.165) is 31.6 Å². The van der Waals surface area contributed by atoms with Gasteiger partial charge in [0.15, 0.2) is 0 Å². The SMILES string of the molecule is O=C(C=Cc1ccc([N+](=O)[O-])cc1)N1CCC2(CC1)C(=O)N(CC(=O)N1CCCC1)CN2c1ccccc1. The summed E-state index contributed by atoms with van der Waals surface area (Å²) >= 11 is 0. The van der Waals surface area contributed by atoms with Gasteiger partial charge in [-0.25, -0.2) is 0 Å². The molecule has 3 aliphatic heterocycles. The fraction of sp³-hybridized carbons (Fsp3) is 0.393. The summed E-state index contributed by atoms with van der Waals surface area (Å²) < 4.78 is 0. The highest BCUT2D eigenvalue weighted by molar-refractivity contribution is 5.97. The maximum Gasteiger partial charge on any atom is 0.269 e. The van der Waals surface area contributed by atoms with Crippen molar-refractivity contribution in [2.24, 2.45) is 0 Å². The number of likely N-dealkylation sites (tertiary alicyclic amines) is 2. The van der Waals surface area contributed by atoms with E-state index in [4.69, 9.17) is 0 Å². The third kappa shape index (κ3) is 4.98. The van der Waals surface area contributed by atoms with Crippen molar-refractivity contribution in [2.75, 3.05) is 44.3 Å². The molecule has 2 aromatic rings. The van der Waals surface area contributed by atoms with Crippen molar-refractivity contribution in [3.8, 4) is 0 Å². The lowest BCUT2D eigenvalue weighted by molar-refractivity contribution is -0.384. The van der Waals surface area contributed by atoms with E-state index in [1.54, 1.807) is 28.0 Å². The van der Waals surface area contributed by atoms with Gasteiger partial charge in [-0.15, -0.1) is 0 Å². The second kappa shape index (κ2) is 10.6. The second-order valence-electron chi connectivity index (χ2n) is 10.0. The molecule has 0 radical (unpaired) electrons. The van der Waals surface area contributed by atoms with Gasteiger partial charge in [0.2, 0.25) is 11.8 Å². The Hall–Kier alpha value is -4.21. The zero-order valence-corrected chi connectivity index (χ0v) is 21.2. The molecule has 198 valence electrons. The van der Waals surface area contributed by atoms with E-state index in [9.17, 15) is 24.5 Å². The Morgan fingerprint density at radius 1 is 0.921 bits per heavy atom. The second-order valence-corrected chi connectivity index (χ2v) is 10.0. The van der Waals surface area contributed by atoms with E-state index in [1.807, 2.05) is 35.2 Å². The molecule has 0 aliphatic carbocycles. The van der Waals surface area contributed by atoms with Gasteiger partial charge < -0.3 is 19.6 Å². The van der Waals surface area contributed by atoms with Crippen LogP contribution in [0.1, 0.15) is 31.2 Å². The molecule has 3 saturated heterocycles. The maximum atomic E-state index is 13.8. The van der Waals surface area contributed by atoms with Crippen molar-refractivity contribution in [2.45, 2.75) is 31.2 Å². The normalized spacial score (nSPS) is 19.1. The Morgan fingerprint density at radius 3 is 2.21 bits per heavy atom. The summed E-state index contributed by atoms with van der Waals surface area (Å²) in [5, 5.41) is 10.8. The van der Waals surface area contributed by atoms with Crippen LogP contribution in [0.15, 0.2) is 60.7 Å². The van der Waals surface area contributed by atoms with Gasteiger partial charge in [0, 0.05) is 50.1 Å². The van der Waals surface area contributed by atoms with Crippen molar-refractivity contribution in [3.05, 3.63) is 76.4 Å². The molecule has 10 heteroatoms. The van der Waals surface area contributed by atoms with Gasteiger partial charge in [-0.3, -0.25) is 24.5 Å². The molecule has 0 aromatic heterocycles. The minimum atomic E-state index is -0.800. The highest BCUT2D eigenvalue weighted by atomic mass is 16.6. The lowest BCUT2D eigenvalue weighted by atomic mass is 9.85. The van der Waals surface area contributed by atoms with E-state index in [-0.39, 0.29) is 30.0 Å². The molecule has 38 heavy (non-hydrogen) atoms. The molecule has 3 heterocycles. The number of benzene rings is 2. The molecule has 0 unspecified atom stereocenters. The van der Waals surface area contributed by atoms with Crippen molar-refractivity contribution in [3.63, 3.8) is 0 Å². The summed E-state index contributed by atoms with van der Waals surface area (Å²) in [6, 6.07) is 15.8. The monoisotopic (exact) mass is 517 g/mol. The number of para-hydroxylation sites is 1. The average molecular weight is 518 g/mol. The molecule has 0 atom stereocenters. The van der Waals surface area contributed by atoms with Crippen molar-refractivity contribution in [1.82, 2.24) is 14.7 Å². The Bertz CT molecular complexity index is 1230. The van der Waals surface area contributed by atoms with Crippen LogP contribution >= 0.6 is 0 Å². The molecule has 3 amide bonds. The molecule has 10 nitrogen and oxygen atoms in total. The number of nitro groups is 1. The fourth-order valence-electron chi connectivity index (χ4n) is 5.63. The minimum Gasteiger partial charge on any atom is -0.341 e. The number of nitro benzene ring substituents is 1. The van der Waals surface area contributed by atoms with Gasteiger partial charge in [-0.05, 0) is 61.6 Å². The van der Waals surface area contributed by atoms with E-state index >= 15 is 0 Å². The Kier molecular flexibility index (Phi) is 7.13.